The van der Waals surface area contributed by atoms with Crippen molar-refractivity contribution in [1.29, 1.82) is 0 Å². The maximum Gasteiger partial charge on any atom is 0.407 e. The molecule has 0 aromatic rings. The van der Waals surface area contributed by atoms with Crippen LogP contribution in [-0.4, -0.2) is 23.1 Å². The maximum atomic E-state index is 11.6. The molecule has 0 radical (unpaired) electrons. The normalized spacial score (nSPS) is 14.4. The van der Waals surface area contributed by atoms with Gasteiger partial charge in [0.05, 0.1) is 0 Å². The summed E-state index contributed by atoms with van der Waals surface area (Å²) in [7, 11) is 0. The van der Waals surface area contributed by atoms with E-state index in [9.17, 15) is 4.79 Å². The lowest BCUT2D eigenvalue weighted by molar-refractivity contribution is 0.0462. The average Bonchev–Trinajstić information content (AvgIpc) is 1.97. The highest BCUT2D eigenvalue weighted by molar-refractivity contribution is 9.09. The van der Waals surface area contributed by atoms with Crippen molar-refractivity contribution in [3.05, 3.63) is 0 Å². The number of ether oxygens (including phenoxy) is 1. The van der Waals surface area contributed by atoms with E-state index >= 15 is 0 Å². The molecule has 1 atom stereocenters. The molecule has 0 bridgehead atoms. The number of rotatable bonds is 3. The lowest BCUT2D eigenvalue weighted by Crippen LogP contribution is -2.46. The van der Waals surface area contributed by atoms with Crippen molar-refractivity contribution in [2.75, 3.05) is 5.33 Å². The molecule has 4 heteroatoms. The third-order valence-electron chi connectivity index (χ3n) is 2.13. The fourth-order valence-electron chi connectivity index (χ4n) is 1.28. The number of alkyl carbamates (subject to hydrolysis) is 1. The molecule has 3 nitrogen and oxygen atoms in total. The van der Waals surface area contributed by atoms with Gasteiger partial charge < -0.3 is 10.1 Å². The number of amides is 1. The fraction of sp³-hybridized carbons (Fsp3) is 0.917. The molecule has 1 N–H and O–H groups in total. The highest BCUT2D eigenvalue weighted by Crippen LogP contribution is 2.23. The Labute approximate surface area is 107 Å². The van der Waals surface area contributed by atoms with Crippen molar-refractivity contribution >= 4 is 22.0 Å². The van der Waals surface area contributed by atoms with E-state index in [0.717, 1.165) is 11.8 Å². The Morgan fingerprint density at radius 2 is 1.75 bits per heavy atom. The molecule has 0 saturated carbocycles. The molecule has 0 aliphatic rings. The Morgan fingerprint density at radius 1 is 1.25 bits per heavy atom. The molecule has 0 aliphatic carbocycles. The van der Waals surface area contributed by atoms with Gasteiger partial charge in [0, 0.05) is 11.4 Å². The number of halogens is 1. The summed E-state index contributed by atoms with van der Waals surface area (Å²) in [5, 5.41) is 3.79. The van der Waals surface area contributed by atoms with Crippen molar-refractivity contribution < 1.29 is 9.53 Å². The summed E-state index contributed by atoms with van der Waals surface area (Å²) in [6.07, 6.45) is 0.552. The zero-order valence-electron chi connectivity index (χ0n) is 11.2. The highest BCUT2D eigenvalue weighted by Gasteiger charge is 2.27. The molecule has 96 valence electrons. The number of alkyl halides is 1. The second kappa shape index (κ2) is 5.89. The lowest BCUT2D eigenvalue weighted by Gasteiger charge is -2.32. The minimum absolute atomic E-state index is 0.0324. The molecular formula is C12H24BrNO2. The first-order valence-electron chi connectivity index (χ1n) is 5.62. The molecular weight excluding hydrogens is 270 g/mol. The molecule has 0 aromatic carbocycles. The number of carbonyl (C=O) groups is 1. The second-order valence-corrected chi connectivity index (χ2v) is 6.84. The van der Waals surface area contributed by atoms with Gasteiger partial charge in [0.1, 0.15) is 5.60 Å². The molecule has 0 unspecified atom stereocenters. The maximum absolute atomic E-state index is 11.6. The van der Waals surface area contributed by atoms with E-state index in [-0.39, 0.29) is 17.6 Å². The Bertz CT molecular complexity index is 228. The highest BCUT2D eigenvalue weighted by atomic mass is 79.9. The van der Waals surface area contributed by atoms with Gasteiger partial charge in [-0.15, -0.1) is 0 Å². The van der Waals surface area contributed by atoms with Crippen molar-refractivity contribution in [2.24, 2.45) is 5.41 Å². The van der Waals surface area contributed by atoms with Crippen LogP contribution < -0.4 is 5.32 Å². The summed E-state index contributed by atoms with van der Waals surface area (Å²) in [5.74, 6) is 0. The monoisotopic (exact) mass is 293 g/mol. The largest absolute Gasteiger partial charge is 0.444 e. The van der Waals surface area contributed by atoms with Gasteiger partial charge in [-0.3, -0.25) is 0 Å². The van der Waals surface area contributed by atoms with Crippen molar-refractivity contribution in [3.63, 3.8) is 0 Å². The first kappa shape index (κ1) is 15.8. The van der Waals surface area contributed by atoms with Gasteiger partial charge in [-0.25, -0.2) is 4.79 Å². The molecule has 1 amide bonds. The molecule has 0 spiro atoms. The van der Waals surface area contributed by atoms with Crippen LogP contribution in [0.2, 0.25) is 0 Å². The van der Waals surface area contributed by atoms with E-state index < -0.39 is 5.60 Å². The summed E-state index contributed by atoms with van der Waals surface area (Å²) in [5.41, 5.74) is -0.411. The molecule has 16 heavy (non-hydrogen) atoms. The van der Waals surface area contributed by atoms with Gasteiger partial charge in [0.15, 0.2) is 0 Å². The summed E-state index contributed by atoms with van der Waals surface area (Å²) in [6, 6.07) is 0.113. The van der Waals surface area contributed by atoms with Crippen molar-refractivity contribution in [2.45, 2.75) is 59.6 Å². The summed E-state index contributed by atoms with van der Waals surface area (Å²) < 4.78 is 5.24. The predicted molar refractivity (Wildman–Crippen MR) is 71.0 cm³/mol. The minimum atomic E-state index is -0.444. The molecule has 0 aromatic heterocycles. The average molecular weight is 294 g/mol. The van der Waals surface area contributed by atoms with E-state index in [0.29, 0.717) is 0 Å². The molecule has 0 fully saturated rings. The molecule has 0 aliphatic heterocycles. The van der Waals surface area contributed by atoms with Crippen LogP contribution in [0.1, 0.15) is 48.0 Å². The van der Waals surface area contributed by atoms with E-state index in [1.54, 1.807) is 0 Å². The first-order chi connectivity index (χ1) is 7.06. The molecule has 0 heterocycles. The summed E-state index contributed by atoms with van der Waals surface area (Å²) in [4.78, 5) is 11.6. The van der Waals surface area contributed by atoms with Crippen LogP contribution in [0.15, 0.2) is 0 Å². The standard InChI is InChI=1S/C12H24BrNO2/c1-11(2,3)9(7-8-13)14-10(15)16-12(4,5)6/h9H,7-8H2,1-6H3,(H,14,15)/t9-/m1/s1. The van der Waals surface area contributed by atoms with Crippen LogP contribution in [0, 0.1) is 5.41 Å². The molecule has 0 rings (SSSR count). The predicted octanol–water partition coefficient (Wildman–Crippen LogP) is 3.71. The van der Waals surface area contributed by atoms with Crippen LogP contribution in [0.5, 0.6) is 0 Å². The number of hydrogen-bond donors (Lipinski definition) is 1. The third kappa shape index (κ3) is 7.09. The van der Waals surface area contributed by atoms with Crippen LogP contribution in [0.3, 0.4) is 0 Å². The van der Waals surface area contributed by atoms with Gasteiger partial charge >= 0.3 is 6.09 Å². The van der Waals surface area contributed by atoms with Gasteiger partial charge in [-0.1, -0.05) is 36.7 Å². The van der Waals surface area contributed by atoms with Gasteiger partial charge in [-0.2, -0.15) is 0 Å². The Morgan fingerprint density at radius 3 is 2.06 bits per heavy atom. The van der Waals surface area contributed by atoms with E-state index in [2.05, 4.69) is 42.0 Å². The van der Waals surface area contributed by atoms with Gasteiger partial charge in [0.2, 0.25) is 0 Å². The van der Waals surface area contributed by atoms with E-state index in [1.165, 1.54) is 0 Å². The van der Waals surface area contributed by atoms with Crippen molar-refractivity contribution in [1.82, 2.24) is 5.32 Å². The first-order valence-corrected chi connectivity index (χ1v) is 6.74. The summed E-state index contributed by atoms with van der Waals surface area (Å²) >= 11 is 3.40. The van der Waals surface area contributed by atoms with Gasteiger partial charge in [0.25, 0.3) is 0 Å². The van der Waals surface area contributed by atoms with Crippen LogP contribution >= 0.6 is 15.9 Å². The third-order valence-corrected chi connectivity index (χ3v) is 2.59. The van der Waals surface area contributed by atoms with E-state index in [1.807, 2.05) is 20.8 Å². The number of carbonyl (C=O) groups excluding carboxylic acids is 1. The fourth-order valence-corrected chi connectivity index (χ4v) is 1.74. The Kier molecular flexibility index (Phi) is 5.80. The minimum Gasteiger partial charge on any atom is -0.444 e. The zero-order valence-corrected chi connectivity index (χ0v) is 12.8. The van der Waals surface area contributed by atoms with E-state index in [4.69, 9.17) is 4.74 Å². The Hall–Kier alpha value is -0.250. The smallest absolute Gasteiger partial charge is 0.407 e. The number of hydrogen-bond acceptors (Lipinski definition) is 2. The Balaban J connectivity index is 4.36. The van der Waals surface area contributed by atoms with Crippen molar-refractivity contribution in [3.8, 4) is 0 Å². The molecule has 0 saturated heterocycles. The number of nitrogens with one attached hydrogen (secondary N) is 1. The van der Waals surface area contributed by atoms with Crippen LogP contribution in [0.25, 0.3) is 0 Å². The zero-order chi connectivity index (χ0) is 13.0. The van der Waals surface area contributed by atoms with Crippen LogP contribution in [-0.2, 0) is 4.74 Å². The lowest BCUT2D eigenvalue weighted by atomic mass is 9.85. The quantitative estimate of drug-likeness (QED) is 0.806. The summed E-state index contributed by atoms with van der Waals surface area (Å²) in [6.45, 7) is 11.9. The van der Waals surface area contributed by atoms with Gasteiger partial charge in [-0.05, 0) is 32.6 Å². The topological polar surface area (TPSA) is 38.3 Å². The second-order valence-electron chi connectivity index (χ2n) is 6.04. The van der Waals surface area contributed by atoms with Crippen LogP contribution in [0.4, 0.5) is 4.79 Å². The SMILES string of the molecule is CC(C)(C)OC(=O)N[C@H](CCBr)C(C)(C)C.